The zero-order chi connectivity index (χ0) is 26.7. The Balaban J connectivity index is 1.00. The van der Waals surface area contributed by atoms with E-state index in [2.05, 4.69) is 102 Å². The van der Waals surface area contributed by atoms with E-state index < -0.39 is 0 Å². The van der Waals surface area contributed by atoms with E-state index in [0.29, 0.717) is 12.1 Å². The summed E-state index contributed by atoms with van der Waals surface area (Å²) in [4.78, 5) is 0. The van der Waals surface area contributed by atoms with E-state index in [0.717, 1.165) is 31.7 Å². The van der Waals surface area contributed by atoms with Crippen LogP contribution in [0.2, 0.25) is 0 Å². The van der Waals surface area contributed by atoms with Crippen LogP contribution in [0.25, 0.3) is 11.0 Å². The number of aromatic nitrogens is 2. The SMILES string of the molecule is CC(C)n1c[n+](C(C)C)c2ccc(OCCCCCCCCCCCCN3C=C(C4=CC=CC4)NN3)cc21. The monoisotopic (exact) mass is 520 g/mol. The topological polar surface area (TPSA) is 45.3 Å². The van der Waals surface area contributed by atoms with Gasteiger partial charge in [0.2, 0.25) is 6.33 Å². The third-order valence-electron chi connectivity index (χ3n) is 7.66. The number of ether oxygens (including phenoxy) is 1. The molecule has 1 aliphatic heterocycles. The molecule has 208 valence electrons. The van der Waals surface area contributed by atoms with E-state index >= 15 is 0 Å². The van der Waals surface area contributed by atoms with Crippen molar-refractivity contribution >= 4 is 11.0 Å². The summed E-state index contributed by atoms with van der Waals surface area (Å²) >= 11 is 0. The van der Waals surface area contributed by atoms with Crippen LogP contribution in [0.1, 0.15) is 110 Å². The van der Waals surface area contributed by atoms with Gasteiger partial charge in [-0.1, -0.05) is 69.6 Å². The molecule has 6 heteroatoms. The van der Waals surface area contributed by atoms with E-state index in [4.69, 9.17) is 4.74 Å². The molecule has 0 amide bonds. The summed E-state index contributed by atoms with van der Waals surface area (Å²) in [5.41, 5.74) is 11.7. The fourth-order valence-electron chi connectivity index (χ4n) is 5.37. The summed E-state index contributed by atoms with van der Waals surface area (Å²) in [6.07, 6.45) is 25.1. The quantitative estimate of drug-likeness (QED) is 0.168. The molecule has 0 atom stereocenters. The molecule has 0 radical (unpaired) electrons. The van der Waals surface area contributed by atoms with Gasteiger partial charge in [-0.2, -0.15) is 0 Å². The minimum atomic E-state index is 0.431. The zero-order valence-corrected chi connectivity index (χ0v) is 24.2. The average Bonchev–Trinajstić information content (AvgIpc) is 3.66. The first-order chi connectivity index (χ1) is 18.5. The molecule has 0 saturated carbocycles. The normalized spacial score (nSPS) is 15.2. The zero-order valence-electron chi connectivity index (χ0n) is 24.2. The summed E-state index contributed by atoms with van der Waals surface area (Å²) in [6.45, 7) is 10.8. The highest BCUT2D eigenvalue weighted by atomic mass is 16.5. The minimum Gasteiger partial charge on any atom is -0.493 e. The molecule has 6 nitrogen and oxygen atoms in total. The first-order valence-electron chi connectivity index (χ1n) is 15.1. The number of allylic oxidation sites excluding steroid dienone is 4. The number of imidazole rings is 1. The molecule has 0 bridgehead atoms. The third-order valence-corrected chi connectivity index (χ3v) is 7.66. The van der Waals surface area contributed by atoms with Gasteiger partial charge in [-0.25, -0.2) is 9.13 Å². The third kappa shape index (κ3) is 7.89. The van der Waals surface area contributed by atoms with Gasteiger partial charge in [0.25, 0.3) is 0 Å². The van der Waals surface area contributed by atoms with Crippen molar-refractivity contribution in [3.63, 3.8) is 0 Å². The van der Waals surface area contributed by atoms with Gasteiger partial charge >= 0.3 is 0 Å². The van der Waals surface area contributed by atoms with E-state index in [9.17, 15) is 0 Å². The second-order valence-electron chi connectivity index (χ2n) is 11.4. The molecule has 0 fully saturated rings. The Morgan fingerprint density at radius 3 is 2.29 bits per heavy atom. The van der Waals surface area contributed by atoms with Gasteiger partial charge in [-0.15, -0.1) is 5.53 Å². The Kier molecular flexibility index (Phi) is 10.7. The summed E-state index contributed by atoms with van der Waals surface area (Å²) in [6, 6.07) is 7.44. The van der Waals surface area contributed by atoms with Crippen LogP contribution in [0.15, 0.2) is 60.2 Å². The number of nitrogens with one attached hydrogen (secondary N) is 2. The molecule has 1 aromatic carbocycles. The molecular formula is C32H50N5O+. The highest BCUT2D eigenvalue weighted by molar-refractivity contribution is 5.74. The highest BCUT2D eigenvalue weighted by Crippen LogP contribution is 2.24. The lowest BCUT2D eigenvalue weighted by molar-refractivity contribution is -0.692. The molecule has 1 aromatic heterocycles. The number of benzene rings is 1. The Labute approximate surface area is 230 Å². The molecule has 38 heavy (non-hydrogen) atoms. The first-order valence-corrected chi connectivity index (χ1v) is 15.1. The fourth-order valence-corrected chi connectivity index (χ4v) is 5.37. The van der Waals surface area contributed by atoms with E-state index in [-0.39, 0.29) is 0 Å². The van der Waals surface area contributed by atoms with Crippen molar-refractivity contribution in [3.05, 3.63) is 60.2 Å². The van der Waals surface area contributed by atoms with Crippen molar-refractivity contribution in [2.75, 3.05) is 13.2 Å². The van der Waals surface area contributed by atoms with Crippen LogP contribution < -0.4 is 20.3 Å². The Bertz CT molecular complexity index is 1110. The number of rotatable bonds is 17. The summed E-state index contributed by atoms with van der Waals surface area (Å²) < 4.78 is 10.8. The number of unbranched alkanes of at least 4 members (excludes halogenated alkanes) is 9. The number of hydrogen-bond donors (Lipinski definition) is 2. The van der Waals surface area contributed by atoms with Gasteiger partial charge < -0.3 is 10.2 Å². The largest absolute Gasteiger partial charge is 0.493 e. The lowest BCUT2D eigenvalue weighted by Gasteiger charge is -2.14. The fraction of sp³-hybridized carbons (Fsp3) is 0.594. The van der Waals surface area contributed by atoms with Crippen molar-refractivity contribution < 1.29 is 9.30 Å². The molecule has 2 heterocycles. The predicted molar refractivity (Wildman–Crippen MR) is 157 cm³/mol. The molecule has 4 rings (SSSR count). The second-order valence-corrected chi connectivity index (χ2v) is 11.4. The van der Waals surface area contributed by atoms with Crippen molar-refractivity contribution in [3.8, 4) is 5.75 Å². The lowest BCUT2D eigenvalue weighted by Crippen LogP contribution is -2.37. The van der Waals surface area contributed by atoms with Gasteiger partial charge in [0, 0.05) is 18.8 Å². The maximum Gasteiger partial charge on any atom is 0.245 e. The van der Waals surface area contributed by atoms with Gasteiger partial charge in [0.05, 0.1) is 24.4 Å². The number of hydrazine groups is 2. The minimum absolute atomic E-state index is 0.431. The lowest BCUT2D eigenvalue weighted by atomic mass is 10.1. The van der Waals surface area contributed by atoms with Crippen LogP contribution in [0, 0.1) is 0 Å². The van der Waals surface area contributed by atoms with Gasteiger partial charge in [-0.3, -0.25) is 5.01 Å². The maximum atomic E-state index is 6.13. The van der Waals surface area contributed by atoms with E-state index in [1.165, 1.54) is 80.1 Å². The molecular weight excluding hydrogens is 470 g/mol. The molecule has 1 aliphatic carbocycles. The standard InChI is InChI=1S/C32H50N5O/c1-26(2)36-25-37(27(3)4)32-23-29(19-20-31(32)36)38-22-16-12-10-8-6-5-7-9-11-15-21-35-24-30(33-34-35)28-17-13-14-18-28/h13-14,17,19-20,23-27,33-34H,5-12,15-16,18,21-22H2,1-4H3/q+1. The highest BCUT2D eigenvalue weighted by Gasteiger charge is 2.20. The number of nitrogens with zero attached hydrogens (tertiary/aromatic N) is 3. The van der Waals surface area contributed by atoms with Gasteiger partial charge in [-0.05, 0) is 64.7 Å². The van der Waals surface area contributed by atoms with Crippen LogP contribution in [-0.4, -0.2) is 22.7 Å². The molecule has 2 aromatic rings. The van der Waals surface area contributed by atoms with Crippen LogP contribution in [0.5, 0.6) is 5.75 Å². The smallest absolute Gasteiger partial charge is 0.245 e. The van der Waals surface area contributed by atoms with Crippen molar-refractivity contribution in [1.82, 2.24) is 20.5 Å². The van der Waals surface area contributed by atoms with Gasteiger partial charge in [0.1, 0.15) is 5.75 Å². The van der Waals surface area contributed by atoms with E-state index in [1.54, 1.807) is 0 Å². The van der Waals surface area contributed by atoms with Gasteiger partial charge in [0.15, 0.2) is 11.0 Å². The van der Waals surface area contributed by atoms with Crippen LogP contribution in [0.3, 0.4) is 0 Å². The van der Waals surface area contributed by atoms with Crippen molar-refractivity contribution in [2.24, 2.45) is 0 Å². The predicted octanol–water partition coefficient (Wildman–Crippen LogP) is 7.42. The van der Waals surface area contributed by atoms with Crippen molar-refractivity contribution in [1.29, 1.82) is 0 Å². The molecule has 0 saturated heterocycles. The average molecular weight is 521 g/mol. The molecule has 0 unspecified atom stereocenters. The maximum absolute atomic E-state index is 6.13. The first kappa shape index (κ1) is 28.3. The second kappa shape index (κ2) is 14.4. The van der Waals surface area contributed by atoms with Crippen LogP contribution in [-0.2, 0) is 0 Å². The molecule has 2 aliphatic rings. The Hall–Kier alpha value is -2.73. The molecule has 2 N–H and O–H groups in total. The summed E-state index contributed by atoms with van der Waals surface area (Å²) in [5.74, 6) is 0.991. The van der Waals surface area contributed by atoms with Crippen molar-refractivity contribution in [2.45, 2.75) is 110 Å². The number of fused-ring (bicyclic) bond motifs is 1. The van der Waals surface area contributed by atoms with Crippen LogP contribution >= 0.6 is 0 Å². The summed E-state index contributed by atoms with van der Waals surface area (Å²) in [7, 11) is 0. The van der Waals surface area contributed by atoms with Crippen LogP contribution in [0.4, 0.5) is 0 Å². The Morgan fingerprint density at radius 1 is 0.921 bits per heavy atom. The summed E-state index contributed by atoms with van der Waals surface area (Å²) in [5, 5.41) is 2.18. The Morgan fingerprint density at radius 2 is 1.63 bits per heavy atom. The molecule has 0 spiro atoms. The number of hydrogen-bond acceptors (Lipinski definition) is 4. The van der Waals surface area contributed by atoms with E-state index in [1.807, 2.05) is 0 Å².